The van der Waals surface area contributed by atoms with E-state index in [4.69, 9.17) is 16.7 Å². The molecule has 0 spiro atoms. The Labute approximate surface area is 111 Å². The fourth-order valence-corrected chi connectivity index (χ4v) is 1.67. The second kappa shape index (κ2) is 5.07. The molecular weight excluding hydrogens is 277 g/mol. The highest BCUT2D eigenvalue weighted by molar-refractivity contribution is 6.31. The molecule has 0 saturated heterocycles. The first-order chi connectivity index (χ1) is 8.97. The van der Waals surface area contributed by atoms with Crippen LogP contribution in [0.1, 0.15) is 21.0 Å². The third-order valence-electron chi connectivity index (χ3n) is 2.19. The molecule has 19 heavy (non-hydrogen) atoms. The number of nitrogens with zero attached hydrogens (tertiary/aromatic N) is 1. The molecule has 0 fully saturated rings. The number of amides is 1. The lowest BCUT2D eigenvalue weighted by Gasteiger charge is -2.04. The quantitative estimate of drug-likeness (QED) is 0.804. The van der Waals surface area contributed by atoms with E-state index in [0.29, 0.717) is 0 Å². The van der Waals surface area contributed by atoms with Gasteiger partial charge in [0.05, 0.1) is 6.33 Å². The van der Waals surface area contributed by atoms with E-state index in [-0.39, 0.29) is 22.1 Å². The molecule has 1 amide bonds. The lowest BCUT2D eigenvalue weighted by Crippen LogP contribution is -2.16. The Hall–Kier alpha value is -2.41. The maximum absolute atomic E-state index is 13.1. The summed E-state index contributed by atoms with van der Waals surface area (Å²) >= 11 is 5.63. The van der Waals surface area contributed by atoms with E-state index in [1.807, 2.05) is 0 Å². The summed E-state index contributed by atoms with van der Waals surface area (Å²) in [6, 6.07) is 3.46. The smallest absolute Gasteiger partial charge is 0.354 e. The number of H-pyrrole nitrogens is 1. The van der Waals surface area contributed by atoms with Crippen molar-refractivity contribution in [1.29, 1.82) is 0 Å². The van der Waals surface area contributed by atoms with Crippen molar-refractivity contribution in [3.63, 3.8) is 0 Å². The zero-order chi connectivity index (χ0) is 14.0. The number of rotatable bonds is 3. The van der Waals surface area contributed by atoms with E-state index in [2.05, 4.69) is 15.3 Å². The Morgan fingerprint density at radius 3 is 2.74 bits per heavy atom. The molecule has 0 unspecified atom stereocenters. The number of carbonyl (C=O) groups is 2. The number of aromatic carboxylic acids is 1. The van der Waals surface area contributed by atoms with Crippen molar-refractivity contribution in [1.82, 2.24) is 9.97 Å². The van der Waals surface area contributed by atoms with E-state index in [1.54, 1.807) is 0 Å². The van der Waals surface area contributed by atoms with Gasteiger partial charge in [-0.05, 0) is 18.2 Å². The average molecular weight is 284 g/mol. The summed E-state index contributed by atoms with van der Waals surface area (Å²) in [5.74, 6) is -2.72. The summed E-state index contributed by atoms with van der Waals surface area (Å²) in [7, 11) is 0. The Morgan fingerprint density at radius 2 is 2.11 bits per heavy atom. The topological polar surface area (TPSA) is 95.1 Å². The van der Waals surface area contributed by atoms with Crippen molar-refractivity contribution in [2.24, 2.45) is 0 Å². The number of aromatic amines is 1. The first kappa shape index (κ1) is 13.0. The minimum Gasteiger partial charge on any atom is -0.477 e. The summed E-state index contributed by atoms with van der Waals surface area (Å²) in [6.45, 7) is 0. The van der Waals surface area contributed by atoms with E-state index >= 15 is 0 Å². The van der Waals surface area contributed by atoms with Crippen LogP contribution >= 0.6 is 11.6 Å². The number of benzene rings is 1. The number of aromatic nitrogens is 2. The first-order valence-electron chi connectivity index (χ1n) is 5.01. The van der Waals surface area contributed by atoms with Gasteiger partial charge in [0.2, 0.25) is 0 Å². The fourth-order valence-electron chi connectivity index (χ4n) is 1.45. The molecule has 2 rings (SSSR count). The van der Waals surface area contributed by atoms with Crippen LogP contribution < -0.4 is 5.32 Å². The van der Waals surface area contributed by atoms with Gasteiger partial charge in [-0.25, -0.2) is 14.2 Å². The van der Waals surface area contributed by atoms with E-state index in [0.717, 1.165) is 18.5 Å². The second-order valence-corrected chi connectivity index (χ2v) is 3.98. The number of carbonyl (C=O) groups excluding carboxylic acids is 1. The number of anilines is 1. The predicted octanol–water partition coefficient (Wildman–Crippen LogP) is 2.15. The molecule has 6 nitrogen and oxygen atoms in total. The third-order valence-corrected chi connectivity index (χ3v) is 2.41. The van der Waals surface area contributed by atoms with Crippen LogP contribution in [-0.4, -0.2) is 27.0 Å². The van der Waals surface area contributed by atoms with Crippen molar-refractivity contribution in [2.45, 2.75) is 0 Å². The lowest BCUT2D eigenvalue weighted by molar-refractivity contribution is 0.0686. The van der Waals surface area contributed by atoms with Gasteiger partial charge >= 0.3 is 5.97 Å². The zero-order valence-electron chi connectivity index (χ0n) is 9.28. The number of halogens is 2. The van der Waals surface area contributed by atoms with Crippen LogP contribution in [0.5, 0.6) is 0 Å². The Kier molecular flexibility index (Phi) is 3.48. The van der Waals surface area contributed by atoms with Gasteiger partial charge in [0.1, 0.15) is 5.82 Å². The Morgan fingerprint density at radius 1 is 1.37 bits per heavy atom. The van der Waals surface area contributed by atoms with Crippen LogP contribution in [0.2, 0.25) is 5.02 Å². The highest BCUT2D eigenvalue weighted by Crippen LogP contribution is 2.18. The number of hydrogen-bond acceptors (Lipinski definition) is 3. The molecule has 0 aliphatic rings. The maximum Gasteiger partial charge on any atom is 0.354 e. The average Bonchev–Trinajstić information content (AvgIpc) is 2.75. The number of hydrogen-bond donors (Lipinski definition) is 3. The van der Waals surface area contributed by atoms with E-state index in [1.165, 1.54) is 6.07 Å². The molecule has 0 bridgehead atoms. The second-order valence-electron chi connectivity index (χ2n) is 3.54. The van der Waals surface area contributed by atoms with Gasteiger partial charge in [-0.3, -0.25) is 4.79 Å². The molecule has 1 heterocycles. The van der Waals surface area contributed by atoms with Crippen LogP contribution in [-0.2, 0) is 0 Å². The summed E-state index contributed by atoms with van der Waals surface area (Å²) in [6.07, 6.45) is 1.08. The number of imidazole rings is 1. The lowest BCUT2D eigenvalue weighted by atomic mass is 10.2. The van der Waals surface area contributed by atoms with Crippen LogP contribution in [0.15, 0.2) is 24.5 Å². The molecule has 3 N–H and O–H groups in total. The first-order valence-corrected chi connectivity index (χ1v) is 5.39. The van der Waals surface area contributed by atoms with Crippen LogP contribution in [0, 0.1) is 5.82 Å². The van der Waals surface area contributed by atoms with Crippen molar-refractivity contribution in [3.8, 4) is 0 Å². The van der Waals surface area contributed by atoms with Crippen LogP contribution in [0.4, 0.5) is 10.1 Å². The van der Waals surface area contributed by atoms with Gasteiger partial charge in [-0.1, -0.05) is 11.6 Å². The van der Waals surface area contributed by atoms with Crippen LogP contribution in [0.25, 0.3) is 0 Å². The maximum atomic E-state index is 13.1. The SMILES string of the molecule is O=C(Nc1cc(F)cc(Cl)c1)c1nc[nH]c1C(=O)O. The van der Waals surface area contributed by atoms with Gasteiger partial charge < -0.3 is 15.4 Å². The summed E-state index contributed by atoms with van der Waals surface area (Å²) in [5.41, 5.74) is -0.540. The number of carboxylic acids is 1. The largest absolute Gasteiger partial charge is 0.477 e. The third kappa shape index (κ3) is 2.89. The number of carboxylic acid groups (broad SMARTS) is 1. The molecule has 98 valence electrons. The van der Waals surface area contributed by atoms with E-state index < -0.39 is 17.7 Å². The minimum absolute atomic E-state index is 0.106. The van der Waals surface area contributed by atoms with Gasteiger partial charge in [0, 0.05) is 10.7 Å². The van der Waals surface area contributed by atoms with E-state index in [9.17, 15) is 14.0 Å². The molecule has 0 aliphatic heterocycles. The summed E-state index contributed by atoms with van der Waals surface area (Å²) < 4.78 is 13.1. The molecule has 1 aromatic heterocycles. The summed E-state index contributed by atoms with van der Waals surface area (Å²) in [4.78, 5) is 28.5. The Bertz CT molecular complexity index is 636. The van der Waals surface area contributed by atoms with Gasteiger partial charge in [-0.2, -0.15) is 0 Å². The van der Waals surface area contributed by atoms with Crippen molar-refractivity contribution >= 4 is 29.2 Å². The number of nitrogens with one attached hydrogen (secondary N) is 2. The summed E-state index contributed by atoms with van der Waals surface area (Å²) in [5, 5.41) is 11.2. The van der Waals surface area contributed by atoms with Crippen molar-refractivity contribution in [3.05, 3.63) is 46.8 Å². The van der Waals surface area contributed by atoms with Crippen LogP contribution in [0.3, 0.4) is 0 Å². The highest BCUT2D eigenvalue weighted by Gasteiger charge is 2.19. The normalized spacial score (nSPS) is 10.2. The minimum atomic E-state index is -1.32. The van der Waals surface area contributed by atoms with Gasteiger partial charge in [0.15, 0.2) is 11.4 Å². The molecule has 2 aromatic rings. The Balaban J connectivity index is 2.25. The highest BCUT2D eigenvalue weighted by atomic mass is 35.5. The molecule has 0 radical (unpaired) electrons. The fraction of sp³-hybridized carbons (Fsp3) is 0. The molecule has 8 heteroatoms. The monoisotopic (exact) mass is 283 g/mol. The predicted molar refractivity (Wildman–Crippen MR) is 64.9 cm³/mol. The molecule has 1 aromatic carbocycles. The van der Waals surface area contributed by atoms with Gasteiger partial charge in [-0.15, -0.1) is 0 Å². The van der Waals surface area contributed by atoms with Crippen molar-refractivity contribution < 1.29 is 19.1 Å². The zero-order valence-corrected chi connectivity index (χ0v) is 10.0. The standard InChI is InChI=1S/C11H7ClFN3O3/c12-5-1-6(13)3-7(2-5)16-10(17)8-9(11(18)19)15-4-14-8/h1-4H,(H,14,15)(H,16,17)(H,18,19). The molecule has 0 atom stereocenters. The molecule has 0 saturated carbocycles. The van der Waals surface area contributed by atoms with Crippen molar-refractivity contribution in [2.75, 3.05) is 5.32 Å². The molecular formula is C11H7ClFN3O3. The molecule has 0 aliphatic carbocycles. The van der Waals surface area contributed by atoms with Gasteiger partial charge in [0.25, 0.3) is 5.91 Å².